The quantitative estimate of drug-likeness (QED) is 0.471. The molecule has 0 bridgehead atoms. The molecule has 1 aromatic rings. The molecule has 13 heteroatoms. The number of nitrogens with zero attached hydrogens (tertiary/aromatic N) is 3. The maximum Gasteiger partial charge on any atom is 0.471 e. The zero-order valence-electron chi connectivity index (χ0n) is 22.8. The molecule has 4 rings (SSSR count). The molecule has 10 nitrogen and oxygen atoms in total. The van der Waals surface area contributed by atoms with Crippen LogP contribution in [-0.4, -0.2) is 69.2 Å². The van der Waals surface area contributed by atoms with Crippen molar-refractivity contribution in [2.75, 3.05) is 6.54 Å². The van der Waals surface area contributed by atoms with Crippen LogP contribution in [0, 0.1) is 22.7 Å². The van der Waals surface area contributed by atoms with Gasteiger partial charge in [0.05, 0.1) is 6.04 Å². The van der Waals surface area contributed by atoms with E-state index in [1.807, 2.05) is 29.9 Å². The number of halogens is 3. The average molecular weight is 555 g/mol. The maximum absolute atomic E-state index is 13.7. The summed E-state index contributed by atoms with van der Waals surface area (Å²) >= 11 is 0. The summed E-state index contributed by atoms with van der Waals surface area (Å²) in [4.78, 5) is 52.8. The van der Waals surface area contributed by atoms with E-state index in [0.717, 1.165) is 25.0 Å². The van der Waals surface area contributed by atoms with E-state index in [1.54, 1.807) is 27.0 Å². The monoisotopic (exact) mass is 554 g/mol. The van der Waals surface area contributed by atoms with Crippen molar-refractivity contribution >= 4 is 23.6 Å². The first-order valence-electron chi connectivity index (χ1n) is 13.2. The van der Waals surface area contributed by atoms with Crippen molar-refractivity contribution < 1.29 is 32.3 Å². The van der Waals surface area contributed by atoms with Crippen molar-refractivity contribution in [3.05, 3.63) is 18.0 Å². The molecule has 39 heavy (non-hydrogen) atoms. The largest absolute Gasteiger partial charge is 0.471 e. The van der Waals surface area contributed by atoms with Gasteiger partial charge in [-0.15, -0.1) is 0 Å². The second-order valence-electron chi connectivity index (χ2n) is 12.7. The van der Waals surface area contributed by atoms with Crippen molar-refractivity contribution in [1.29, 1.82) is 0 Å². The summed E-state index contributed by atoms with van der Waals surface area (Å²) in [6.45, 7) is 8.70. The molecule has 1 aromatic heterocycles. The van der Waals surface area contributed by atoms with Gasteiger partial charge in [-0.25, -0.2) is 0 Å². The van der Waals surface area contributed by atoms with Crippen LogP contribution in [0.25, 0.3) is 0 Å². The highest BCUT2D eigenvalue weighted by molar-refractivity contribution is 5.96. The highest BCUT2D eigenvalue weighted by atomic mass is 19.4. The van der Waals surface area contributed by atoms with Crippen molar-refractivity contribution in [3.8, 4) is 0 Å². The third kappa shape index (κ3) is 5.49. The van der Waals surface area contributed by atoms with Gasteiger partial charge in [-0.1, -0.05) is 34.6 Å². The summed E-state index contributed by atoms with van der Waals surface area (Å²) in [7, 11) is 0. The first kappa shape index (κ1) is 28.9. The van der Waals surface area contributed by atoms with Crippen LogP contribution in [0.4, 0.5) is 13.2 Å². The van der Waals surface area contributed by atoms with Crippen LogP contribution in [-0.2, 0) is 25.6 Å². The first-order chi connectivity index (χ1) is 17.9. The molecule has 4 amide bonds. The van der Waals surface area contributed by atoms with Crippen LogP contribution in [0.5, 0.6) is 0 Å². The summed E-state index contributed by atoms with van der Waals surface area (Å²) in [5, 5.41) is 8.92. The molecule has 3 unspecified atom stereocenters. The van der Waals surface area contributed by atoms with Gasteiger partial charge in [-0.05, 0) is 54.4 Å². The molecular formula is C26H37F3N6O4. The molecule has 0 radical (unpaired) electrons. The van der Waals surface area contributed by atoms with Crippen LogP contribution in [0.15, 0.2) is 12.3 Å². The fourth-order valence-corrected chi connectivity index (χ4v) is 6.34. The van der Waals surface area contributed by atoms with Crippen molar-refractivity contribution in [1.82, 2.24) is 25.3 Å². The van der Waals surface area contributed by atoms with E-state index in [2.05, 4.69) is 10.4 Å². The number of hydrogen-bond acceptors (Lipinski definition) is 5. The predicted octanol–water partition coefficient (Wildman–Crippen LogP) is 1.70. The van der Waals surface area contributed by atoms with Crippen LogP contribution in [0.3, 0.4) is 0 Å². The number of hydrogen-bond donors (Lipinski definition) is 3. The van der Waals surface area contributed by atoms with Gasteiger partial charge >= 0.3 is 12.1 Å². The van der Waals surface area contributed by atoms with Gasteiger partial charge in [0.2, 0.25) is 17.7 Å². The van der Waals surface area contributed by atoms with E-state index in [1.165, 1.54) is 4.90 Å². The lowest BCUT2D eigenvalue weighted by Crippen LogP contribution is -2.61. The Balaban J connectivity index is 1.55. The Morgan fingerprint density at radius 3 is 2.44 bits per heavy atom. The van der Waals surface area contributed by atoms with Gasteiger partial charge < -0.3 is 21.3 Å². The number of piperidine rings is 1. The van der Waals surface area contributed by atoms with E-state index in [-0.39, 0.29) is 36.3 Å². The standard InChI is InChI=1S/C26H37F3N6O4/c1-24(2,3)19(33-23(39)26(27,28)29)22(38)34-12-15-17(25(15,4)5)18(34)21(37)32-16(20(30)36)11-14-8-6-7-13-9-10-31-35(13)14/h9-10,14-19H,6-8,11-12H2,1-5H3,(H2,30,36)(H,32,37)(H,33,39)/t14?,15-,16?,17-,18-,19?/m0/s1. The number of fused-ring (bicyclic) bond motifs is 2. The van der Waals surface area contributed by atoms with E-state index < -0.39 is 53.3 Å². The number of nitrogens with one attached hydrogen (secondary N) is 2. The van der Waals surface area contributed by atoms with Crippen LogP contribution in [0.1, 0.15) is 65.6 Å². The molecule has 1 saturated heterocycles. The van der Waals surface area contributed by atoms with E-state index >= 15 is 0 Å². The van der Waals surface area contributed by atoms with Gasteiger partial charge in [-0.3, -0.25) is 23.9 Å². The second kappa shape index (κ2) is 9.81. The first-order valence-corrected chi connectivity index (χ1v) is 13.2. The molecule has 216 valence electrons. The SMILES string of the molecule is CC(C)(C)C(NC(=O)C(F)(F)F)C(=O)N1C[C@H]2[C@@H]([C@H]1C(=O)NC(CC1CCCc3ccnn31)C(N)=O)C2(C)C. The van der Waals surface area contributed by atoms with Gasteiger partial charge in [0, 0.05) is 18.4 Å². The minimum Gasteiger partial charge on any atom is -0.368 e. The zero-order chi connectivity index (χ0) is 29.1. The van der Waals surface area contributed by atoms with Crippen molar-refractivity contribution in [2.24, 2.45) is 28.4 Å². The Bertz CT molecular complexity index is 1160. The number of likely N-dealkylation sites (tertiary alicyclic amines) is 1. The summed E-state index contributed by atoms with van der Waals surface area (Å²) in [5.41, 5.74) is 5.36. The Labute approximate surface area is 225 Å². The van der Waals surface area contributed by atoms with Gasteiger partial charge in [-0.2, -0.15) is 18.3 Å². The van der Waals surface area contributed by atoms with Crippen molar-refractivity contribution in [3.63, 3.8) is 0 Å². The van der Waals surface area contributed by atoms with Gasteiger partial charge in [0.1, 0.15) is 18.1 Å². The maximum atomic E-state index is 13.7. The summed E-state index contributed by atoms with van der Waals surface area (Å²) in [5.74, 6) is -4.60. The minimum absolute atomic E-state index is 0.0480. The topological polar surface area (TPSA) is 139 Å². The normalized spacial score (nSPS) is 27.1. The number of carbonyl (C=O) groups is 4. The molecule has 2 aliphatic heterocycles. The number of aryl methyl sites for hydroxylation is 1. The third-order valence-corrected chi connectivity index (χ3v) is 8.64. The molecule has 6 atom stereocenters. The Morgan fingerprint density at radius 2 is 1.85 bits per heavy atom. The molecule has 0 spiro atoms. The Morgan fingerprint density at radius 1 is 1.18 bits per heavy atom. The van der Waals surface area contributed by atoms with Crippen LogP contribution >= 0.6 is 0 Å². The van der Waals surface area contributed by atoms with Crippen LogP contribution < -0.4 is 16.4 Å². The third-order valence-electron chi connectivity index (χ3n) is 8.64. The Kier molecular flexibility index (Phi) is 7.26. The summed E-state index contributed by atoms with van der Waals surface area (Å²) < 4.78 is 41.0. The molecule has 0 aromatic carbocycles. The fourth-order valence-electron chi connectivity index (χ4n) is 6.34. The second-order valence-corrected chi connectivity index (χ2v) is 12.7. The molecular weight excluding hydrogens is 517 g/mol. The number of amides is 4. The van der Waals surface area contributed by atoms with E-state index in [9.17, 15) is 32.3 Å². The molecule has 3 aliphatic rings. The number of carbonyl (C=O) groups excluding carboxylic acids is 4. The smallest absolute Gasteiger partial charge is 0.368 e. The highest BCUT2D eigenvalue weighted by Crippen LogP contribution is 2.65. The van der Waals surface area contributed by atoms with Crippen LogP contribution in [0.2, 0.25) is 0 Å². The molecule has 1 saturated carbocycles. The number of alkyl halides is 3. The summed E-state index contributed by atoms with van der Waals surface area (Å²) in [6.07, 6.45) is -0.742. The number of primary amides is 1. The van der Waals surface area contributed by atoms with Crippen molar-refractivity contribution in [2.45, 2.75) is 90.6 Å². The van der Waals surface area contributed by atoms with E-state index in [4.69, 9.17) is 5.73 Å². The molecule has 1 aliphatic carbocycles. The fraction of sp³-hybridized carbons (Fsp3) is 0.731. The average Bonchev–Trinajstić information content (AvgIpc) is 3.24. The number of nitrogens with two attached hydrogens (primary N) is 1. The number of aromatic nitrogens is 2. The lowest BCUT2D eigenvalue weighted by Gasteiger charge is -2.38. The molecule has 3 heterocycles. The lowest BCUT2D eigenvalue weighted by atomic mass is 9.85. The highest BCUT2D eigenvalue weighted by Gasteiger charge is 2.70. The molecule has 4 N–H and O–H groups in total. The number of rotatable bonds is 7. The minimum atomic E-state index is -5.17. The lowest BCUT2D eigenvalue weighted by molar-refractivity contribution is -0.176. The Hall–Kier alpha value is -3.12. The van der Waals surface area contributed by atoms with Gasteiger partial charge in [0.15, 0.2) is 0 Å². The summed E-state index contributed by atoms with van der Waals surface area (Å²) in [6, 6.07) is -1.80. The van der Waals surface area contributed by atoms with E-state index in [0.29, 0.717) is 0 Å². The van der Waals surface area contributed by atoms with Gasteiger partial charge in [0.25, 0.3) is 0 Å². The predicted molar refractivity (Wildman–Crippen MR) is 134 cm³/mol. The molecule has 2 fully saturated rings. The zero-order valence-corrected chi connectivity index (χ0v) is 22.8.